The van der Waals surface area contributed by atoms with Crippen LogP contribution >= 0.6 is 0 Å². The molecule has 1 aliphatic rings. The van der Waals surface area contributed by atoms with Gasteiger partial charge in [0.1, 0.15) is 25.0 Å². The Kier molecular flexibility index (Phi) is 8.80. The summed E-state index contributed by atoms with van der Waals surface area (Å²) in [6.07, 6.45) is -4.35. The summed E-state index contributed by atoms with van der Waals surface area (Å²) in [5, 5.41) is 8.78. The predicted molar refractivity (Wildman–Crippen MR) is 125 cm³/mol. The van der Waals surface area contributed by atoms with Crippen molar-refractivity contribution in [2.75, 3.05) is 18.1 Å². The third kappa shape index (κ3) is 6.92. The molecule has 1 unspecified atom stereocenters. The van der Waals surface area contributed by atoms with Gasteiger partial charge in [0, 0.05) is 12.1 Å². The average molecular weight is 499 g/mol. The smallest absolute Gasteiger partial charge is 0.430 e. The molecule has 4 rings (SSSR count). The molecule has 0 aliphatic carbocycles. The number of anilines is 1. The Labute approximate surface area is 205 Å². The molecule has 0 bridgehead atoms. The van der Waals surface area contributed by atoms with Crippen molar-refractivity contribution in [3.05, 3.63) is 96.1 Å². The minimum absolute atomic E-state index is 0.185. The molecule has 0 aromatic heterocycles. The van der Waals surface area contributed by atoms with Crippen molar-refractivity contribution in [2.45, 2.75) is 18.6 Å². The summed E-state index contributed by atoms with van der Waals surface area (Å²) in [6, 6.07) is 28.1. The van der Waals surface area contributed by atoms with Gasteiger partial charge in [-0.2, -0.15) is 13.2 Å². The topological polar surface area (TPSA) is 110 Å². The number of nitrogens with zero attached hydrogens (tertiary/aromatic N) is 2. The van der Waals surface area contributed by atoms with Crippen LogP contribution in [-0.4, -0.2) is 37.1 Å². The molecule has 1 saturated heterocycles. The number of para-hydroxylation sites is 2. The number of rotatable bonds is 6. The highest BCUT2D eigenvalue weighted by Crippen LogP contribution is 2.40. The Balaban J connectivity index is 0.000000454. The van der Waals surface area contributed by atoms with Crippen molar-refractivity contribution in [1.29, 1.82) is 0 Å². The first-order valence-corrected chi connectivity index (χ1v) is 11.0. The van der Waals surface area contributed by atoms with Gasteiger partial charge < -0.3 is 25.3 Å². The number of carboxylic acid groups (broad SMARTS) is 1. The maximum absolute atomic E-state index is 12.0. The summed E-state index contributed by atoms with van der Waals surface area (Å²) in [5.41, 5.74) is 7.45. The van der Waals surface area contributed by atoms with Gasteiger partial charge in [-0.1, -0.05) is 48.5 Å². The first kappa shape index (κ1) is 26.4. The molecule has 1 atom stereocenters. The minimum atomic E-state index is -5.19. The lowest BCUT2D eigenvalue weighted by Crippen LogP contribution is -2.52. The number of alkyl halides is 3. The molecular formula is C26H24F3N3O4. The van der Waals surface area contributed by atoms with Gasteiger partial charge in [0.05, 0.1) is 17.3 Å². The van der Waals surface area contributed by atoms with E-state index in [1.165, 1.54) is 0 Å². The number of halogens is 3. The van der Waals surface area contributed by atoms with Crippen LogP contribution in [0.25, 0.3) is 0 Å². The number of hydrogen-bond donors (Lipinski definition) is 1. The van der Waals surface area contributed by atoms with Crippen molar-refractivity contribution in [1.82, 2.24) is 0 Å². The zero-order chi connectivity index (χ0) is 26.1. The average Bonchev–Trinajstić information content (AvgIpc) is 2.86. The summed E-state index contributed by atoms with van der Waals surface area (Å²) in [5.74, 6) is -2.28. The fraction of sp³-hybridized carbons (Fsp3) is 0.192. The lowest BCUT2D eigenvalue weighted by Gasteiger charge is -2.44. The van der Waals surface area contributed by atoms with Crippen molar-refractivity contribution < 1.29 is 38.3 Å². The molecular weight excluding hydrogens is 475 g/mol. The van der Waals surface area contributed by atoms with E-state index in [0.717, 1.165) is 29.2 Å². The highest BCUT2D eigenvalue weighted by molar-refractivity contribution is 6.06. The lowest BCUT2D eigenvalue weighted by atomic mass is 9.91. The molecule has 3 N–H and O–H groups in total. The second kappa shape index (κ2) is 12.0. The monoisotopic (exact) mass is 499 g/mol. The van der Waals surface area contributed by atoms with Crippen molar-refractivity contribution in [3.63, 3.8) is 0 Å². The van der Waals surface area contributed by atoms with Crippen LogP contribution in [0.4, 0.5) is 24.5 Å². The van der Waals surface area contributed by atoms with E-state index in [2.05, 4.69) is 22.8 Å². The molecule has 1 aliphatic heterocycles. The Morgan fingerprint density at radius 3 is 2.06 bits per heavy atom. The SMILES string of the molecule is O=C([O-])C(F)(F)F.[NH3+]CCOC(=O)c1ccc(C2CC(=Nc3ccccc3)N2c2ccccc2)cc1. The number of aliphatic imine (C=N–C) groups is 1. The minimum Gasteiger partial charge on any atom is -0.542 e. The van der Waals surface area contributed by atoms with Crippen LogP contribution in [0.15, 0.2) is 89.9 Å². The molecule has 7 nitrogen and oxygen atoms in total. The number of ether oxygens (including phenoxy) is 1. The van der Waals surface area contributed by atoms with Crippen LogP contribution in [0.5, 0.6) is 0 Å². The number of carboxylic acids is 1. The van der Waals surface area contributed by atoms with E-state index in [1.807, 2.05) is 72.8 Å². The molecule has 0 saturated carbocycles. The number of esters is 1. The van der Waals surface area contributed by atoms with Gasteiger partial charge in [-0.3, -0.25) is 0 Å². The Hall–Kier alpha value is -4.18. The van der Waals surface area contributed by atoms with Gasteiger partial charge >= 0.3 is 12.1 Å². The van der Waals surface area contributed by atoms with E-state index in [0.29, 0.717) is 18.7 Å². The predicted octanol–water partition coefficient (Wildman–Crippen LogP) is 3.07. The van der Waals surface area contributed by atoms with Gasteiger partial charge in [0.2, 0.25) is 0 Å². The molecule has 36 heavy (non-hydrogen) atoms. The maximum atomic E-state index is 12.0. The summed E-state index contributed by atoms with van der Waals surface area (Å²) < 4.78 is 36.7. The summed E-state index contributed by atoms with van der Waals surface area (Å²) in [7, 11) is 0. The second-order valence-electron chi connectivity index (χ2n) is 7.69. The summed E-state index contributed by atoms with van der Waals surface area (Å²) >= 11 is 0. The standard InChI is InChI=1S/C24H23N3O2.C2HF3O2/c25-15-16-29-24(28)19-13-11-18(12-14-19)22-17-23(26-20-7-3-1-4-8-20)27(22)21-9-5-2-6-10-21;3-2(4,5)1(6)7/h1-14,22H,15-17,25H2;(H,6,7). The number of aliphatic carboxylic acids is 1. The third-order valence-corrected chi connectivity index (χ3v) is 5.15. The number of carbonyl (C=O) groups is 2. The molecule has 0 amide bonds. The van der Waals surface area contributed by atoms with Crippen LogP contribution in [0.2, 0.25) is 0 Å². The van der Waals surface area contributed by atoms with Gasteiger partial charge in [-0.05, 0) is 42.0 Å². The van der Waals surface area contributed by atoms with Crippen LogP contribution in [0, 0.1) is 0 Å². The number of benzene rings is 3. The van der Waals surface area contributed by atoms with Gasteiger partial charge in [-0.15, -0.1) is 0 Å². The van der Waals surface area contributed by atoms with Crippen LogP contribution in [0.1, 0.15) is 28.4 Å². The highest BCUT2D eigenvalue weighted by Gasteiger charge is 2.36. The van der Waals surface area contributed by atoms with E-state index in [-0.39, 0.29) is 12.0 Å². The first-order valence-electron chi connectivity index (χ1n) is 11.0. The quantitative estimate of drug-likeness (QED) is 0.525. The van der Waals surface area contributed by atoms with Crippen LogP contribution in [0.3, 0.4) is 0 Å². The normalized spacial score (nSPS) is 15.9. The first-order chi connectivity index (χ1) is 17.2. The fourth-order valence-corrected chi connectivity index (χ4v) is 3.46. The zero-order valence-electron chi connectivity index (χ0n) is 19.1. The van der Waals surface area contributed by atoms with Gasteiger partial charge in [-0.25, -0.2) is 9.79 Å². The molecule has 10 heteroatoms. The molecule has 1 fully saturated rings. The molecule has 0 radical (unpaired) electrons. The highest BCUT2D eigenvalue weighted by atomic mass is 19.4. The third-order valence-electron chi connectivity index (χ3n) is 5.15. The van der Waals surface area contributed by atoms with Crippen molar-refractivity contribution in [3.8, 4) is 0 Å². The lowest BCUT2D eigenvalue weighted by molar-refractivity contribution is -0.372. The van der Waals surface area contributed by atoms with E-state index in [1.54, 1.807) is 0 Å². The molecule has 0 spiro atoms. The molecule has 1 heterocycles. The Bertz CT molecular complexity index is 1180. The van der Waals surface area contributed by atoms with E-state index >= 15 is 0 Å². The van der Waals surface area contributed by atoms with E-state index < -0.39 is 12.1 Å². The van der Waals surface area contributed by atoms with Crippen LogP contribution < -0.4 is 15.7 Å². The number of quaternary nitrogens is 1. The van der Waals surface area contributed by atoms with Gasteiger partial charge in [0.25, 0.3) is 0 Å². The number of amidine groups is 1. The number of carbonyl (C=O) groups excluding carboxylic acids is 2. The zero-order valence-corrected chi connectivity index (χ0v) is 19.1. The fourth-order valence-electron chi connectivity index (χ4n) is 3.46. The maximum Gasteiger partial charge on any atom is 0.430 e. The molecule has 3 aromatic rings. The van der Waals surface area contributed by atoms with Crippen molar-refractivity contribution >= 4 is 29.1 Å². The Morgan fingerprint density at radius 1 is 0.972 bits per heavy atom. The largest absolute Gasteiger partial charge is 0.542 e. The van der Waals surface area contributed by atoms with E-state index in [4.69, 9.17) is 19.6 Å². The second-order valence-corrected chi connectivity index (χ2v) is 7.69. The molecule has 3 aromatic carbocycles. The van der Waals surface area contributed by atoms with E-state index in [9.17, 15) is 18.0 Å². The van der Waals surface area contributed by atoms with Crippen LogP contribution in [-0.2, 0) is 9.53 Å². The molecule has 188 valence electrons. The van der Waals surface area contributed by atoms with Gasteiger partial charge in [0.15, 0.2) is 0 Å². The number of hydrogen-bond acceptors (Lipinski definition) is 5. The summed E-state index contributed by atoms with van der Waals surface area (Å²) in [6.45, 7) is 0.908. The van der Waals surface area contributed by atoms with Crippen molar-refractivity contribution in [2.24, 2.45) is 4.99 Å². The summed E-state index contributed by atoms with van der Waals surface area (Å²) in [4.78, 5) is 27.9. The Morgan fingerprint density at radius 2 is 1.53 bits per heavy atom.